The molecule has 4 nitrogen and oxygen atoms in total. The zero-order valence-corrected chi connectivity index (χ0v) is 15.5. The maximum atomic E-state index is 12.6. The van der Waals surface area contributed by atoms with Crippen LogP contribution in [0, 0.1) is 0 Å². The number of carbonyl (C=O) groups is 1. The topological polar surface area (TPSA) is 55.1 Å². The van der Waals surface area contributed by atoms with Gasteiger partial charge in [-0.05, 0) is 24.8 Å². The largest absolute Gasteiger partial charge is 0.338 e. The minimum atomic E-state index is -0.110. The van der Waals surface area contributed by atoms with Crippen LogP contribution in [0.25, 0.3) is 0 Å². The molecule has 0 aliphatic carbocycles. The Morgan fingerprint density at radius 1 is 1.35 bits per heavy atom. The summed E-state index contributed by atoms with van der Waals surface area (Å²) in [6.45, 7) is 10.6. The predicted octanol–water partition coefficient (Wildman–Crippen LogP) is 5.19. The van der Waals surface area contributed by atoms with E-state index >= 15 is 0 Å². The molecule has 0 aromatic carbocycles. The van der Waals surface area contributed by atoms with Crippen LogP contribution in [0.4, 0.5) is 5.88 Å². The third-order valence-electron chi connectivity index (χ3n) is 4.37. The van der Waals surface area contributed by atoms with Gasteiger partial charge in [-0.3, -0.25) is 10.1 Å². The van der Waals surface area contributed by atoms with Gasteiger partial charge in [0.1, 0.15) is 0 Å². The van der Waals surface area contributed by atoms with Crippen molar-refractivity contribution in [3.63, 3.8) is 0 Å². The number of nitrogens with zero attached hydrogens (tertiary/aromatic N) is 1. The number of anilines is 1. The smallest absolute Gasteiger partial charge is 0.259 e. The Labute approximate surface area is 142 Å². The molecule has 2 aromatic rings. The molecule has 1 amide bonds. The molecule has 0 atom stereocenters. The van der Waals surface area contributed by atoms with Crippen molar-refractivity contribution in [1.29, 1.82) is 0 Å². The number of amides is 1. The molecule has 1 N–H and O–H groups in total. The zero-order valence-electron chi connectivity index (χ0n) is 14.7. The Morgan fingerprint density at radius 3 is 2.70 bits per heavy atom. The van der Waals surface area contributed by atoms with Gasteiger partial charge in [0.2, 0.25) is 5.88 Å². The van der Waals surface area contributed by atoms with Gasteiger partial charge in [-0.15, -0.1) is 11.3 Å². The van der Waals surface area contributed by atoms with E-state index in [0.717, 1.165) is 36.9 Å². The summed E-state index contributed by atoms with van der Waals surface area (Å²) in [5, 5.41) is 8.90. The normalized spacial score (nSPS) is 11.7. The lowest BCUT2D eigenvalue weighted by Crippen LogP contribution is -2.16. The van der Waals surface area contributed by atoms with Gasteiger partial charge in [0, 0.05) is 21.7 Å². The van der Waals surface area contributed by atoms with Crippen molar-refractivity contribution in [2.45, 2.75) is 65.7 Å². The van der Waals surface area contributed by atoms with Crippen LogP contribution < -0.4 is 5.32 Å². The van der Waals surface area contributed by atoms with Crippen molar-refractivity contribution in [3.05, 3.63) is 33.1 Å². The third kappa shape index (κ3) is 3.83. The number of carbonyl (C=O) groups excluding carboxylic acids is 1. The SMILES string of the molecule is CCCc1c(C(=O)Nc2cc(C(C)(C)CC)no2)csc1CC. The predicted molar refractivity (Wildman–Crippen MR) is 95.5 cm³/mol. The number of hydrogen-bond acceptors (Lipinski definition) is 4. The van der Waals surface area contributed by atoms with Crippen LogP contribution in [-0.2, 0) is 18.3 Å². The van der Waals surface area contributed by atoms with Crippen molar-refractivity contribution >= 4 is 23.1 Å². The molecule has 2 heterocycles. The van der Waals surface area contributed by atoms with E-state index in [1.807, 2.05) is 11.4 Å². The Bertz CT molecular complexity index is 670. The van der Waals surface area contributed by atoms with Gasteiger partial charge in [-0.25, -0.2) is 0 Å². The highest BCUT2D eigenvalue weighted by molar-refractivity contribution is 7.10. The van der Waals surface area contributed by atoms with E-state index in [1.54, 1.807) is 11.3 Å². The number of hydrogen-bond donors (Lipinski definition) is 1. The summed E-state index contributed by atoms with van der Waals surface area (Å²) in [4.78, 5) is 13.9. The molecule has 2 aromatic heterocycles. The average molecular weight is 334 g/mol. The molecule has 2 rings (SSSR count). The summed E-state index contributed by atoms with van der Waals surface area (Å²) in [5.74, 6) is 0.305. The molecule has 0 radical (unpaired) electrons. The molecule has 0 fully saturated rings. The van der Waals surface area contributed by atoms with Gasteiger partial charge in [0.25, 0.3) is 5.91 Å². The van der Waals surface area contributed by atoms with E-state index in [0.29, 0.717) is 5.88 Å². The average Bonchev–Trinajstić information content (AvgIpc) is 3.14. The number of aryl methyl sites for hydroxylation is 1. The van der Waals surface area contributed by atoms with Crippen LogP contribution in [0.3, 0.4) is 0 Å². The minimum Gasteiger partial charge on any atom is -0.338 e. The summed E-state index contributed by atoms with van der Waals surface area (Å²) >= 11 is 1.66. The molecule has 0 aliphatic heterocycles. The van der Waals surface area contributed by atoms with E-state index in [1.165, 1.54) is 10.4 Å². The van der Waals surface area contributed by atoms with Crippen LogP contribution >= 0.6 is 11.3 Å². The molecule has 0 unspecified atom stereocenters. The fourth-order valence-corrected chi connectivity index (χ4v) is 3.48. The highest BCUT2D eigenvalue weighted by atomic mass is 32.1. The first-order valence-electron chi connectivity index (χ1n) is 8.30. The molecule has 0 bridgehead atoms. The molecule has 0 saturated carbocycles. The lowest BCUT2D eigenvalue weighted by atomic mass is 9.87. The number of rotatable bonds is 7. The Balaban J connectivity index is 2.18. The van der Waals surface area contributed by atoms with Crippen LogP contribution in [-0.4, -0.2) is 11.1 Å². The fourth-order valence-electron chi connectivity index (χ4n) is 2.45. The summed E-state index contributed by atoms with van der Waals surface area (Å²) in [6, 6.07) is 1.83. The van der Waals surface area contributed by atoms with E-state index in [4.69, 9.17) is 4.52 Å². The lowest BCUT2D eigenvalue weighted by Gasteiger charge is -2.18. The van der Waals surface area contributed by atoms with E-state index < -0.39 is 0 Å². The second kappa shape index (κ2) is 7.30. The fraction of sp³-hybridized carbons (Fsp3) is 0.556. The molecule has 5 heteroatoms. The summed E-state index contributed by atoms with van der Waals surface area (Å²) in [6.07, 6.45) is 3.88. The third-order valence-corrected chi connectivity index (χ3v) is 5.54. The number of thiophene rings is 1. The van der Waals surface area contributed by atoms with Crippen molar-refractivity contribution in [1.82, 2.24) is 5.16 Å². The van der Waals surface area contributed by atoms with Gasteiger partial charge in [0.05, 0.1) is 11.3 Å². The summed E-state index contributed by atoms with van der Waals surface area (Å²) in [5.41, 5.74) is 2.74. The minimum absolute atomic E-state index is 0.0579. The van der Waals surface area contributed by atoms with Crippen molar-refractivity contribution in [2.24, 2.45) is 0 Å². The first-order chi connectivity index (χ1) is 10.9. The zero-order chi connectivity index (χ0) is 17.0. The highest BCUT2D eigenvalue weighted by Crippen LogP contribution is 2.29. The monoisotopic (exact) mass is 334 g/mol. The number of nitrogens with one attached hydrogen (secondary N) is 1. The second-order valence-corrected chi connectivity index (χ2v) is 7.39. The molecule has 23 heavy (non-hydrogen) atoms. The molecule has 0 saturated heterocycles. The van der Waals surface area contributed by atoms with Crippen LogP contribution in [0.5, 0.6) is 0 Å². The molecular weight excluding hydrogens is 308 g/mol. The van der Waals surface area contributed by atoms with E-state index in [2.05, 4.69) is 45.1 Å². The maximum Gasteiger partial charge on any atom is 0.259 e. The molecule has 0 spiro atoms. The Kier molecular flexibility index (Phi) is 5.63. The van der Waals surface area contributed by atoms with Crippen molar-refractivity contribution in [3.8, 4) is 0 Å². The van der Waals surface area contributed by atoms with Crippen molar-refractivity contribution < 1.29 is 9.32 Å². The van der Waals surface area contributed by atoms with E-state index in [9.17, 15) is 4.79 Å². The van der Waals surface area contributed by atoms with Gasteiger partial charge < -0.3 is 4.52 Å². The van der Waals surface area contributed by atoms with Crippen molar-refractivity contribution in [2.75, 3.05) is 5.32 Å². The lowest BCUT2D eigenvalue weighted by molar-refractivity contribution is 0.102. The molecule has 126 valence electrons. The first kappa shape index (κ1) is 17.7. The highest BCUT2D eigenvalue weighted by Gasteiger charge is 2.24. The van der Waals surface area contributed by atoms with Gasteiger partial charge >= 0.3 is 0 Å². The van der Waals surface area contributed by atoms with Gasteiger partial charge in [-0.1, -0.05) is 46.2 Å². The second-order valence-electron chi connectivity index (χ2n) is 6.42. The molecule has 0 aliphatic rings. The van der Waals surface area contributed by atoms with Crippen LogP contribution in [0.2, 0.25) is 0 Å². The molecular formula is C18H26N2O2S. The van der Waals surface area contributed by atoms with Crippen LogP contribution in [0.1, 0.15) is 74.0 Å². The van der Waals surface area contributed by atoms with Gasteiger partial charge in [-0.2, -0.15) is 0 Å². The van der Waals surface area contributed by atoms with E-state index in [-0.39, 0.29) is 11.3 Å². The maximum absolute atomic E-state index is 12.6. The first-order valence-corrected chi connectivity index (χ1v) is 9.18. The number of aromatic nitrogens is 1. The quantitative estimate of drug-likeness (QED) is 0.758. The summed E-state index contributed by atoms with van der Waals surface area (Å²) in [7, 11) is 0. The van der Waals surface area contributed by atoms with Gasteiger partial charge in [0.15, 0.2) is 0 Å². The Morgan fingerprint density at radius 2 is 2.09 bits per heavy atom. The van der Waals surface area contributed by atoms with Crippen LogP contribution in [0.15, 0.2) is 16.0 Å². The standard InChI is InChI=1S/C18H26N2O2S/c1-6-9-12-13(11-23-14(12)7-2)17(21)19-16-10-15(20-22-16)18(4,5)8-3/h10-11H,6-9H2,1-5H3,(H,19,21). The Hall–Kier alpha value is -1.62. The summed E-state index contributed by atoms with van der Waals surface area (Å²) < 4.78 is 5.30.